The summed E-state index contributed by atoms with van der Waals surface area (Å²) in [7, 11) is 0. The Morgan fingerprint density at radius 3 is 2.41 bits per heavy atom. The first-order chi connectivity index (χ1) is 10.7. The summed E-state index contributed by atoms with van der Waals surface area (Å²) in [5, 5.41) is 0. The lowest BCUT2D eigenvalue weighted by molar-refractivity contribution is 0.100. The Labute approximate surface area is 129 Å². The van der Waals surface area contributed by atoms with Crippen LogP contribution in [0.1, 0.15) is 24.2 Å². The minimum atomic E-state index is -0.534. The predicted octanol–water partition coefficient (Wildman–Crippen LogP) is 2.55. The number of nitrogens with one attached hydrogen (secondary N) is 1. The molecule has 0 bridgehead atoms. The molecular formula is C17H19N3O2. The normalized spacial score (nSPS) is 10.8. The number of amides is 1. The summed E-state index contributed by atoms with van der Waals surface area (Å²) in [4.78, 5) is 32.5. The summed E-state index contributed by atoms with van der Waals surface area (Å²) in [6.45, 7) is 5.47. The largest absolute Gasteiger partial charge is 0.363 e. The van der Waals surface area contributed by atoms with Crippen molar-refractivity contribution in [1.82, 2.24) is 9.88 Å². The summed E-state index contributed by atoms with van der Waals surface area (Å²) in [5.74, 6) is -0.534. The number of hydrogen-bond acceptors (Lipinski definition) is 2. The minimum Gasteiger partial charge on any atom is -0.363 e. The van der Waals surface area contributed by atoms with E-state index in [4.69, 9.17) is 0 Å². The lowest BCUT2D eigenvalue weighted by Gasteiger charge is -2.12. The molecule has 0 aliphatic carbocycles. The molecule has 0 fully saturated rings. The van der Waals surface area contributed by atoms with E-state index in [1.165, 1.54) is 12.4 Å². The van der Waals surface area contributed by atoms with Crippen LogP contribution in [0.3, 0.4) is 0 Å². The number of hydrogen-bond donors (Lipinski definition) is 1. The smallest absolute Gasteiger partial charge is 0.283 e. The molecule has 1 amide bonds. The average Bonchev–Trinajstić information content (AvgIpc) is 2.56. The topological polar surface area (TPSA) is 65.5 Å². The van der Waals surface area contributed by atoms with Gasteiger partial charge in [0.1, 0.15) is 5.56 Å². The number of rotatable bonds is 5. The highest BCUT2D eigenvalue weighted by Gasteiger charge is 2.10. The molecule has 1 aromatic heterocycles. The highest BCUT2D eigenvalue weighted by molar-refractivity contribution is 5.98. The van der Waals surface area contributed by atoms with Crippen molar-refractivity contribution in [2.24, 2.45) is 4.99 Å². The van der Waals surface area contributed by atoms with Crippen LogP contribution in [0.4, 0.5) is 0 Å². The van der Waals surface area contributed by atoms with Crippen molar-refractivity contribution in [3.8, 4) is 11.3 Å². The number of carbonyl (C=O) groups is 1. The molecule has 114 valence electrons. The second-order valence-electron chi connectivity index (χ2n) is 4.75. The quantitative estimate of drug-likeness (QED) is 0.681. The van der Waals surface area contributed by atoms with Crippen LogP contribution in [0, 0.1) is 0 Å². The summed E-state index contributed by atoms with van der Waals surface area (Å²) < 4.78 is 0. The fourth-order valence-electron chi connectivity index (χ4n) is 2.02. The van der Waals surface area contributed by atoms with Crippen LogP contribution in [0.5, 0.6) is 0 Å². The van der Waals surface area contributed by atoms with Gasteiger partial charge in [-0.15, -0.1) is 0 Å². The van der Waals surface area contributed by atoms with Crippen molar-refractivity contribution < 1.29 is 4.79 Å². The third-order valence-corrected chi connectivity index (χ3v) is 3.38. The van der Waals surface area contributed by atoms with Crippen LogP contribution >= 0.6 is 0 Å². The summed E-state index contributed by atoms with van der Waals surface area (Å²) >= 11 is 0. The Hall–Kier alpha value is -2.69. The summed E-state index contributed by atoms with van der Waals surface area (Å²) in [6.07, 6.45) is 1.48. The Morgan fingerprint density at radius 1 is 1.14 bits per heavy atom. The van der Waals surface area contributed by atoms with Crippen LogP contribution < -0.4 is 5.56 Å². The molecule has 1 aromatic carbocycles. The van der Waals surface area contributed by atoms with Crippen LogP contribution in [0.2, 0.25) is 0 Å². The second kappa shape index (κ2) is 7.36. The molecule has 0 spiro atoms. The van der Waals surface area contributed by atoms with E-state index < -0.39 is 11.5 Å². The van der Waals surface area contributed by atoms with E-state index >= 15 is 0 Å². The standard InChI is InChI=1S/C17H19N3O2/c1-3-20(4-2)12-18-16(21)14-10-11-15(19-17(14)22)13-8-6-5-7-9-13/h5-12H,3-4H2,1-2H3,(H,19,22). The molecule has 0 atom stereocenters. The third-order valence-electron chi connectivity index (χ3n) is 3.38. The highest BCUT2D eigenvalue weighted by Crippen LogP contribution is 2.14. The van der Waals surface area contributed by atoms with E-state index in [1.54, 1.807) is 6.07 Å². The molecule has 0 radical (unpaired) electrons. The van der Waals surface area contributed by atoms with E-state index in [-0.39, 0.29) is 5.56 Å². The molecular weight excluding hydrogens is 278 g/mol. The lowest BCUT2D eigenvalue weighted by Crippen LogP contribution is -2.22. The van der Waals surface area contributed by atoms with Crippen LogP contribution in [-0.2, 0) is 0 Å². The fourth-order valence-corrected chi connectivity index (χ4v) is 2.02. The Balaban J connectivity index is 2.23. The summed E-state index contributed by atoms with van der Waals surface area (Å²) in [6, 6.07) is 12.7. The number of pyridine rings is 1. The van der Waals surface area contributed by atoms with Gasteiger partial charge < -0.3 is 9.88 Å². The zero-order valence-corrected chi connectivity index (χ0v) is 12.7. The van der Waals surface area contributed by atoms with Crippen molar-refractivity contribution >= 4 is 12.2 Å². The number of aliphatic imine (C=N–C) groups is 1. The van der Waals surface area contributed by atoms with Gasteiger partial charge in [0.25, 0.3) is 11.5 Å². The van der Waals surface area contributed by atoms with E-state index in [9.17, 15) is 9.59 Å². The first kappa shape index (κ1) is 15.7. The molecule has 1 heterocycles. The fraction of sp³-hybridized carbons (Fsp3) is 0.235. The van der Waals surface area contributed by atoms with E-state index in [1.807, 2.05) is 49.1 Å². The van der Waals surface area contributed by atoms with E-state index in [0.29, 0.717) is 5.69 Å². The molecule has 2 rings (SSSR count). The van der Waals surface area contributed by atoms with E-state index in [0.717, 1.165) is 18.7 Å². The maximum Gasteiger partial charge on any atom is 0.283 e. The SMILES string of the molecule is CCN(C=NC(=O)c1ccc(-c2ccccc2)[nH]c1=O)CC. The van der Waals surface area contributed by atoms with Crippen molar-refractivity contribution in [1.29, 1.82) is 0 Å². The number of nitrogens with zero attached hydrogens (tertiary/aromatic N) is 2. The summed E-state index contributed by atoms with van der Waals surface area (Å²) in [5.41, 5.74) is 1.19. The molecule has 5 nitrogen and oxygen atoms in total. The Kier molecular flexibility index (Phi) is 5.25. The van der Waals surface area contributed by atoms with Gasteiger partial charge in [-0.2, -0.15) is 4.99 Å². The van der Waals surface area contributed by atoms with Crippen LogP contribution in [-0.4, -0.2) is 35.2 Å². The maximum atomic E-state index is 12.1. The van der Waals surface area contributed by atoms with Gasteiger partial charge in [-0.05, 0) is 31.5 Å². The minimum absolute atomic E-state index is 0.0445. The van der Waals surface area contributed by atoms with Gasteiger partial charge in [0.05, 0.1) is 6.34 Å². The van der Waals surface area contributed by atoms with Gasteiger partial charge in [-0.3, -0.25) is 9.59 Å². The monoisotopic (exact) mass is 297 g/mol. The zero-order valence-electron chi connectivity index (χ0n) is 12.7. The predicted molar refractivity (Wildman–Crippen MR) is 88.2 cm³/mol. The van der Waals surface area contributed by atoms with Crippen LogP contribution in [0.15, 0.2) is 52.3 Å². The van der Waals surface area contributed by atoms with Gasteiger partial charge in [0.2, 0.25) is 0 Å². The zero-order chi connectivity index (χ0) is 15.9. The first-order valence-electron chi connectivity index (χ1n) is 7.27. The lowest BCUT2D eigenvalue weighted by atomic mass is 10.1. The molecule has 0 unspecified atom stereocenters. The molecule has 22 heavy (non-hydrogen) atoms. The second-order valence-corrected chi connectivity index (χ2v) is 4.75. The number of carbonyl (C=O) groups excluding carboxylic acids is 1. The van der Waals surface area contributed by atoms with Crippen LogP contribution in [0.25, 0.3) is 11.3 Å². The average molecular weight is 297 g/mol. The Bertz CT molecular complexity index is 716. The first-order valence-corrected chi connectivity index (χ1v) is 7.27. The van der Waals surface area contributed by atoms with Crippen molar-refractivity contribution in [3.63, 3.8) is 0 Å². The van der Waals surface area contributed by atoms with Crippen molar-refractivity contribution in [2.75, 3.05) is 13.1 Å². The van der Waals surface area contributed by atoms with Crippen molar-refractivity contribution in [2.45, 2.75) is 13.8 Å². The van der Waals surface area contributed by atoms with Crippen molar-refractivity contribution in [3.05, 3.63) is 58.4 Å². The third kappa shape index (κ3) is 3.69. The number of aromatic nitrogens is 1. The van der Waals surface area contributed by atoms with Gasteiger partial charge in [-0.1, -0.05) is 30.3 Å². The van der Waals surface area contributed by atoms with Gasteiger partial charge in [-0.25, -0.2) is 0 Å². The molecule has 1 N–H and O–H groups in total. The number of benzene rings is 1. The molecule has 0 aliphatic rings. The van der Waals surface area contributed by atoms with E-state index in [2.05, 4.69) is 9.98 Å². The van der Waals surface area contributed by atoms with Gasteiger partial charge >= 0.3 is 0 Å². The molecule has 2 aromatic rings. The number of H-pyrrole nitrogens is 1. The van der Waals surface area contributed by atoms with Gasteiger partial charge in [0.15, 0.2) is 0 Å². The number of aromatic amines is 1. The Morgan fingerprint density at radius 2 is 1.82 bits per heavy atom. The molecule has 0 saturated heterocycles. The molecule has 0 aliphatic heterocycles. The molecule has 5 heteroatoms. The maximum absolute atomic E-state index is 12.1. The highest BCUT2D eigenvalue weighted by atomic mass is 16.2. The molecule has 0 saturated carbocycles. The van der Waals surface area contributed by atoms with Gasteiger partial charge in [0, 0.05) is 18.8 Å².